The van der Waals surface area contributed by atoms with Gasteiger partial charge in [-0.1, -0.05) is 19.9 Å². The molecular formula is C24H20O7. The number of ether oxygens (including phenoxy) is 2. The van der Waals surface area contributed by atoms with Crippen molar-refractivity contribution in [1.29, 1.82) is 0 Å². The van der Waals surface area contributed by atoms with E-state index in [0.717, 1.165) is 0 Å². The number of rotatable bonds is 5. The number of phenolic OH excluding ortho intramolecular Hbond substituents is 1. The van der Waals surface area contributed by atoms with Crippen molar-refractivity contribution in [1.82, 2.24) is 0 Å². The van der Waals surface area contributed by atoms with Crippen molar-refractivity contribution in [3.63, 3.8) is 0 Å². The van der Waals surface area contributed by atoms with Gasteiger partial charge in [0.15, 0.2) is 17.1 Å². The smallest absolute Gasteiger partial charge is 0.336 e. The molecule has 1 aliphatic rings. The van der Waals surface area contributed by atoms with Crippen LogP contribution in [0.25, 0.3) is 17.0 Å². The van der Waals surface area contributed by atoms with Crippen LogP contribution in [0.15, 0.2) is 51.7 Å². The van der Waals surface area contributed by atoms with E-state index >= 15 is 0 Å². The zero-order valence-corrected chi connectivity index (χ0v) is 17.2. The third-order valence-electron chi connectivity index (χ3n) is 5.45. The van der Waals surface area contributed by atoms with Crippen molar-refractivity contribution in [3.05, 3.63) is 69.6 Å². The number of fused-ring (bicyclic) bond motifs is 2. The molecule has 2 aromatic carbocycles. The van der Waals surface area contributed by atoms with Crippen molar-refractivity contribution >= 4 is 29.1 Å². The van der Waals surface area contributed by atoms with Gasteiger partial charge in [-0.25, -0.2) is 4.79 Å². The third-order valence-corrected chi connectivity index (χ3v) is 5.45. The number of phenols is 1. The van der Waals surface area contributed by atoms with Gasteiger partial charge in [-0.05, 0) is 30.3 Å². The van der Waals surface area contributed by atoms with Crippen LogP contribution in [0.5, 0.6) is 17.2 Å². The summed E-state index contributed by atoms with van der Waals surface area (Å²) in [5, 5.41) is 11.1. The number of aromatic hydroxyl groups is 1. The van der Waals surface area contributed by atoms with Crippen LogP contribution >= 0.6 is 0 Å². The van der Waals surface area contributed by atoms with Crippen LogP contribution in [-0.4, -0.2) is 29.9 Å². The summed E-state index contributed by atoms with van der Waals surface area (Å²) < 4.78 is 16.4. The number of ketones is 1. The van der Waals surface area contributed by atoms with Crippen LogP contribution < -0.4 is 15.1 Å². The topological polar surface area (TPSA) is 103 Å². The van der Waals surface area contributed by atoms with Crippen LogP contribution in [0.1, 0.15) is 40.1 Å². The summed E-state index contributed by atoms with van der Waals surface area (Å²) in [6.07, 6.45) is 3.75. The average molecular weight is 420 g/mol. The quantitative estimate of drug-likeness (QED) is 0.491. The van der Waals surface area contributed by atoms with Crippen molar-refractivity contribution in [2.24, 2.45) is 5.92 Å². The second-order valence-corrected chi connectivity index (χ2v) is 7.63. The molecule has 0 bridgehead atoms. The van der Waals surface area contributed by atoms with Crippen molar-refractivity contribution in [3.8, 4) is 17.2 Å². The maximum Gasteiger partial charge on any atom is 0.336 e. The molecule has 7 heteroatoms. The maximum atomic E-state index is 13.4. The molecule has 0 aliphatic carbocycles. The lowest BCUT2D eigenvalue weighted by molar-refractivity contribution is 0.0573. The van der Waals surface area contributed by atoms with Gasteiger partial charge in [0, 0.05) is 34.6 Å². The van der Waals surface area contributed by atoms with Gasteiger partial charge < -0.3 is 19.0 Å². The van der Waals surface area contributed by atoms with Gasteiger partial charge in [0.2, 0.25) is 5.78 Å². The molecule has 2 heterocycles. The normalized spacial score (nSPS) is 17.9. The highest BCUT2D eigenvalue weighted by Gasteiger charge is 2.48. The van der Waals surface area contributed by atoms with Gasteiger partial charge in [-0.15, -0.1) is 0 Å². The zero-order chi connectivity index (χ0) is 22.3. The Morgan fingerprint density at radius 2 is 1.90 bits per heavy atom. The first kappa shape index (κ1) is 20.4. The summed E-state index contributed by atoms with van der Waals surface area (Å²) in [6, 6.07) is 8.97. The Labute approximate surface area is 177 Å². The van der Waals surface area contributed by atoms with Crippen molar-refractivity contribution in [2.75, 3.05) is 7.11 Å². The Kier molecular flexibility index (Phi) is 4.89. The molecule has 1 aromatic heterocycles. The summed E-state index contributed by atoms with van der Waals surface area (Å²) in [5.74, 6) is -0.213. The second kappa shape index (κ2) is 7.43. The van der Waals surface area contributed by atoms with E-state index in [1.807, 2.05) is 13.8 Å². The van der Waals surface area contributed by atoms with E-state index in [9.17, 15) is 19.5 Å². The van der Waals surface area contributed by atoms with Crippen LogP contribution in [0.3, 0.4) is 0 Å². The third kappa shape index (κ3) is 3.28. The number of benzene rings is 2. The molecular weight excluding hydrogens is 400 g/mol. The SMILES string of the molecule is COc1cc(C=O)cc(/C=C\C2(C(C)C)Oc3cc4oc(=O)ccc4cc3C2=O)c1O. The van der Waals surface area contributed by atoms with E-state index in [1.165, 1.54) is 37.5 Å². The van der Waals surface area contributed by atoms with E-state index in [4.69, 9.17) is 13.9 Å². The van der Waals surface area contributed by atoms with E-state index in [-0.39, 0.29) is 23.2 Å². The molecule has 7 nitrogen and oxygen atoms in total. The molecule has 1 aliphatic heterocycles. The molecule has 0 saturated carbocycles. The highest BCUT2D eigenvalue weighted by atomic mass is 16.5. The minimum Gasteiger partial charge on any atom is -0.504 e. The highest BCUT2D eigenvalue weighted by Crippen LogP contribution is 2.43. The molecule has 1 atom stereocenters. The maximum absolute atomic E-state index is 13.4. The summed E-state index contributed by atoms with van der Waals surface area (Å²) >= 11 is 0. The Bertz CT molecular complexity index is 1300. The minimum absolute atomic E-state index is 0.145. The van der Waals surface area contributed by atoms with Crippen LogP contribution in [0.2, 0.25) is 0 Å². The average Bonchev–Trinajstić information content (AvgIpc) is 3.03. The first-order chi connectivity index (χ1) is 14.8. The highest BCUT2D eigenvalue weighted by molar-refractivity contribution is 6.11. The molecule has 0 radical (unpaired) electrons. The Balaban J connectivity index is 1.82. The molecule has 0 fully saturated rings. The van der Waals surface area contributed by atoms with Crippen LogP contribution in [-0.2, 0) is 0 Å². The zero-order valence-electron chi connectivity index (χ0n) is 17.2. The van der Waals surface area contributed by atoms with Gasteiger partial charge in [0.1, 0.15) is 17.6 Å². The molecule has 1 unspecified atom stereocenters. The first-order valence-corrected chi connectivity index (χ1v) is 9.66. The van der Waals surface area contributed by atoms with E-state index in [1.54, 1.807) is 18.2 Å². The minimum atomic E-state index is -1.34. The van der Waals surface area contributed by atoms with Crippen molar-refractivity contribution < 1.29 is 28.6 Å². The molecule has 0 saturated heterocycles. The number of methoxy groups -OCH3 is 1. The Morgan fingerprint density at radius 3 is 2.58 bits per heavy atom. The predicted octanol–water partition coefficient (Wildman–Crippen LogP) is 4.00. The second-order valence-electron chi connectivity index (χ2n) is 7.63. The summed E-state index contributed by atoms with van der Waals surface area (Å²) in [7, 11) is 1.38. The number of carbonyl (C=O) groups is 2. The fourth-order valence-corrected chi connectivity index (χ4v) is 3.70. The molecule has 1 N–H and O–H groups in total. The van der Waals surface area contributed by atoms with Gasteiger partial charge in [-0.2, -0.15) is 0 Å². The van der Waals surface area contributed by atoms with Crippen molar-refractivity contribution in [2.45, 2.75) is 19.4 Å². The molecule has 0 spiro atoms. The van der Waals surface area contributed by atoms with E-state index < -0.39 is 11.2 Å². The molecule has 4 rings (SSSR count). The Hall–Kier alpha value is -3.87. The number of carbonyl (C=O) groups excluding carboxylic acids is 2. The van der Waals surface area contributed by atoms with Crippen LogP contribution in [0.4, 0.5) is 0 Å². The molecule has 31 heavy (non-hydrogen) atoms. The largest absolute Gasteiger partial charge is 0.504 e. The van der Waals surface area contributed by atoms with E-state index in [0.29, 0.717) is 39.7 Å². The standard InChI is InChI=1S/C24H20O7/c1-13(2)24(7-6-16-8-14(12-25)9-20(29-3)22(16)27)23(28)17-10-15-4-5-21(26)30-18(15)11-19(17)31-24/h4-13,27H,1-3H3/b7-6-. The summed E-state index contributed by atoms with van der Waals surface area (Å²) in [6.45, 7) is 3.69. The monoisotopic (exact) mass is 420 g/mol. The number of aldehydes is 1. The van der Waals surface area contributed by atoms with Gasteiger partial charge in [0.25, 0.3) is 0 Å². The van der Waals surface area contributed by atoms with Crippen LogP contribution in [0, 0.1) is 5.92 Å². The fraction of sp³-hybridized carbons (Fsp3) is 0.208. The molecule has 158 valence electrons. The molecule has 3 aromatic rings. The number of hydrogen-bond donors (Lipinski definition) is 1. The van der Waals surface area contributed by atoms with Gasteiger partial charge in [0.05, 0.1) is 12.7 Å². The lowest BCUT2D eigenvalue weighted by atomic mass is 9.84. The first-order valence-electron chi connectivity index (χ1n) is 9.66. The lowest BCUT2D eigenvalue weighted by Crippen LogP contribution is -2.43. The van der Waals surface area contributed by atoms with Gasteiger partial charge >= 0.3 is 5.63 Å². The molecule has 0 amide bonds. The predicted molar refractivity (Wildman–Crippen MR) is 114 cm³/mol. The van der Waals surface area contributed by atoms with Gasteiger partial charge in [-0.3, -0.25) is 9.59 Å². The summed E-state index contributed by atoms with van der Waals surface area (Å²) in [5.41, 5.74) is -0.504. The Morgan fingerprint density at radius 1 is 1.13 bits per heavy atom. The number of Topliss-reactive ketones (excluding diaryl/α,β-unsaturated/α-hetero) is 1. The fourth-order valence-electron chi connectivity index (χ4n) is 3.70. The summed E-state index contributed by atoms with van der Waals surface area (Å²) in [4.78, 5) is 36.2. The number of hydrogen-bond acceptors (Lipinski definition) is 7. The van der Waals surface area contributed by atoms with E-state index in [2.05, 4.69) is 0 Å². The lowest BCUT2D eigenvalue weighted by Gasteiger charge is -2.28.